The van der Waals surface area contributed by atoms with Crippen molar-refractivity contribution < 1.29 is 4.39 Å². The first-order valence-corrected chi connectivity index (χ1v) is 8.31. The van der Waals surface area contributed by atoms with Crippen LogP contribution in [0.2, 0.25) is 0 Å². The van der Waals surface area contributed by atoms with Gasteiger partial charge in [-0.25, -0.2) is 19.3 Å². The lowest BCUT2D eigenvalue weighted by atomic mass is 10.2. The van der Waals surface area contributed by atoms with Gasteiger partial charge in [0.1, 0.15) is 28.6 Å². The van der Waals surface area contributed by atoms with Crippen molar-refractivity contribution in [2.24, 2.45) is 0 Å². The fourth-order valence-electron chi connectivity index (χ4n) is 2.61. The minimum Gasteiger partial charge on any atom is -0.365 e. The molecule has 3 aromatic heterocycles. The molecular weight excluding hydrogens is 325 g/mol. The second-order valence-electron chi connectivity index (χ2n) is 5.35. The molecule has 0 bridgehead atoms. The highest BCUT2D eigenvalue weighted by atomic mass is 32.1. The van der Waals surface area contributed by atoms with Gasteiger partial charge in [-0.05, 0) is 36.1 Å². The Morgan fingerprint density at radius 1 is 1.21 bits per heavy atom. The average molecular weight is 339 g/mol. The summed E-state index contributed by atoms with van der Waals surface area (Å²) in [6.45, 7) is 2.33. The lowest BCUT2D eigenvalue weighted by Gasteiger charge is -2.10. The highest BCUT2D eigenvalue weighted by Gasteiger charge is 2.09. The third-order valence-electron chi connectivity index (χ3n) is 3.82. The molecule has 0 aliphatic heterocycles. The Labute approximate surface area is 141 Å². The molecule has 0 saturated heterocycles. The minimum atomic E-state index is -0.279. The number of thiophene rings is 1. The van der Waals surface area contributed by atoms with Crippen LogP contribution in [0.25, 0.3) is 15.9 Å². The van der Waals surface area contributed by atoms with Crippen molar-refractivity contribution in [2.45, 2.75) is 13.5 Å². The van der Waals surface area contributed by atoms with E-state index in [9.17, 15) is 4.39 Å². The predicted octanol–water partition coefficient (Wildman–Crippen LogP) is 3.94. The molecule has 0 spiro atoms. The zero-order valence-corrected chi connectivity index (χ0v) is 13.7. The molecule has 0 atom stereocenters. The standard InChI is InChI=1S/C17H14FN5S/c1-11-19-5-6-23(11)15-3-2-12(8-14(15)18)9-20-16-13-4-7-24-17(13)22-10-21-16/h2-8,10H,9H2,1H3,(H,20,21,22). The normalized spacial score (nSPS) is 11.1. The molecule has 3 heterocycles. The monoisotopic (exact) mass is 339 g/mol. The van der Waals surface area contributed by atoms with Crippen LogP contribution < -0.4 is 5.32 Å². The van der Waals surface area contributed by atoms with Gasteiger partial charge in [0.15, 0.2) is 0 Å². The van der Waals surface area contributed by atoms with Gasteiger partial charge in [-0.1, -0.05) is 6.07 Å². The van der Waals surface area contributed by atoms with E-state index in [0.717, 1.165) is 27.4 Å². The number of hydrogen-bond acceptors (Lipinski definition) is 5. The van der Waals surface area contributed by atoms with Crippen LogP contribution in [0, 0.1) is 12.7 Å². The summed E-state index contributed by atoms with van der Waals surface area (Å²) in [6, 6.07) is 7.18. The quantitative estimate of drug-likeness (QED) is 0.612. The first-order valence-electron chi connectivity index (χ1n) is 7.43. The van der Waals surface area contributed by atoms with Gasteiger partial charge in [0.2, 0.25) is 0 Å². The van der Waals surface area contributed by atoms with Crippen LogP contribution in [-0.2, 0) is 6.54 Å². The zero-order chi connectivity index (χ0) is 16.5. The molecule has 7 heteroatoms. The number of aryl methyl sites for hydroxylation is 1. The summed E-state index contributed by atoms with van der Waals surface area (Å²) in [6.07, 6.45) is 4.94. The number of benzene rings is 1. The van der Waals surface area contributed by atoms with Gasteiger partial charge in [0, 0.05) is 18.9 Å². The van der Waals surface area contributed by atoms with Gasteiger partial charge in [-0.3, -0.25) is 0 Å². The SMILES string of the molecule is Cc1nccn1-c1ccc(CNc2ncnc3sccc23)cc1F. The molecule has 0 amide bonds. The lowest BCUT2D eigenvalue weighted by Crippen LogP contribution is -2.04. The van der Waals surface area contributed by atoms with Gasteiger partial charge >= 0.3 is 0 Å². The Kier molecular flexibility index (Phi) is 3.70. The van der Waals surface area contributed by atoms with Crippen LogP contribution in [0.3, 0.4) is 0 Å². The van der Waals surface area contributed by atoms with Gasteiger partial charge in [-0.2, -0.15) is 0 Å². The van der Waals surface area contributed by atoms with E-state index in [1.807, 2.05) is 24.4 Å². The molecule has 4 aromatic rings. The number of aromatic nitrogens is 4. The van der Waals surface area contributed by atoms with Crippen molar-refractivity contribution >= 4 is 27.4 Å². The Morgan fingerprint density at radius 2 is 2.12 bits per heavy atom. The van der Waals surface area contributed by atoms with E-state index < -0.39 is 0 Å². The van der Waals surface area contributed by atoms with Crippen molar-refractivity contribution in [3.8, 4) is 5.69 Å². The smallest absolute Gasteiger partial charge is 0.147 e. The molecule has 0 unspecified atom stereocenters. The fraction of sp³-hybridized carbons (Fsp3) is 0.118. The summed E-state index contributed by atoms with van der Waals surface area (Å²) in [5.74, 6) is 1.23. The molecule has 120 valence electrons. The van der Waals surface area contributed by atoms with Crippen LogP contribution in [-0.4, -0.2) is 19.5 Å². The second-order valence-corrected chi connectivity index (χ2v) is 6.24. The number of hydrogen-bond donors (Lipinski definition) is 1. The summed E-state index contributed by atoms with van der Waals surface area (Å²) in [5.41, 5.74) is 1.34. The molecule has 0 saturated carbocycles. The third-order valence-corrected chi connectivity index (χ3v) is 4.64. The van der Waals surface area contributed by atoms with Gasteiger partial charge < -0.3 is 9.88 Å². The molecule has 4 rings (SSSR count). The molecule has 0 radical (unpaired) electrons. The van der Waals surface area contributed by atoms with E-state index in [1.54, 1.807) is 34.4 Å². The molecule has 0 fully saturated rings. The highest BCUT2D eigenvalue weighted by Crippen LogP contribution is 2.24. The Bertz CT molecular complexity index is 1010. The molecule has 0 aliphatic carbocycles. The summed E-state index contributed by atoms with van der Waals surface area (Å²) in [7, 11) is 0. The van der Waals surface area contributed by atoms with Crippen molar-refractivity contribution in [3.63, 3.8) is 0 Å². The number of imidazole rings is 1. The number of fused-ring (bicyclic) bond motifs is 1. The van der Waals surface area contributed by atoms with Crippen LogP contribution in [0.5, 0.6) is 0 Å². The third kappa shape index (κ3) is 2.63. The van der Waals surface area contributed by atoms with E-state index in [-0.39, 0.29) is 5.82 Å². The number of rotatable bonds is 4. The highest BCUT2D eigenvalue weighted by molar-refractivity contribution is 7.16. The first-order chi connectivity index (χ1) is 11.7. The van der Waals surface area contributed by atoms with E-state index in [0.29, 0.717) is 12.2 Å². The van der Waals surface area contributed by atoms with Gasteiger partial charge in [-0.15, -0.1) is 11.3 Å². The Balaban J connectivity index is 1.56. The Hall–Kier alpha value is -2.80. The second kappa shape index (κ2) is 6.01. The van der Waals surface area contributed by atoms with Crippen LogP contribution in [0.1, 0.15) is 11.4 Å². The number of anilines is 1. The van der Waals surface area contributed by atoms with Crippen molar-refractivity contribution in [3.05, 3.63) is 65.6 Å². The fourth-order valence-corrected chi connectivity index (χ4v) is 3.34. The minimum absolute atomic E-state index is 0.279. The van der Waals surface area contributed by atoms with Gasteiger partial charge in [0.05, 0.1) is 11.1 Å². The predicted molar refractivity (Wildman–Crippen MR) is 93.0 cm³/mol. The van der Waals surface area contributed by atoms with E-state index >= 15 is 0 Å². The zero-order valence-electron chi connectivity index (χ0n) is 12.9. The maximum absolute atomic E-state index is 14.4. The number of nitrogens with zero attached hydrogens (tertiary/aromatic N) is 4. The average Bonchev–Trinajstić information content (AvgIpc) is 3.22. The summed E-state index contributed by atoms with van der Waals surface area (Å²) < 4.78 is 16.2. The largest absolute Gasteiger partial charge is 0.365 e. The number of nitrogens with one attached hydrogen (secondary N) is 1. The van der Waals surface area contributed by atoms with E-state index in [2.05, 4.69) is 20.3 Å². The lowest BCUT2D eigenvalue weighted by molar-refractivity contribution is 0.614. The molecular formula is C17H14FN5S. The summed E-state index contributed by atoms with van der Waals surface area (Å²) in [5, 5.41) is 6.21. The summed E-state index contributed by atoms with van der Waals surface area (Å²) >= 11 is 1.57. The molecule has 5 nitrogen and oxygen atoms in total. The summed E-state index contributed by atoms with van der Waals surface area (Å²) in [4.78, 5) is 13.5. The number of halogens is 1. The van der Waals surface area contributed by atoms with Crippen LogP contribution in [0.4, 0.5) is 10.2 Å². The maximum atomic E-state index is 14.4. The van der Waals surface area contributed by atoms with Crippen molar-refractivity contribution in [2.75, 3.05) is 5.32 Å². The van der Waals surface area contributed by atoms with Crippen molar-refractivity contribution in [1.82, 2.24) is 19.5 Å². The van der Waals surface area contributed by atoms with Crippen molar-refractivity contribution in [1.29, 1.82) is 0 Å². The molecule has 1 aromatic carbocycles. The van der Waals surface area contributed by atoms with E-state index in [4.69, 9.17) is 0 Å². The van der Waals surface area contributed by atoms with Crippen LogP contribution >= 0.6 is 11.3 Å². The molecule has 1 N–H and O–H groups in total. The maximum Gasteiger partial charge on any atom is 0.147 e. The van der Waals surface area contributed by atoms with E-state index in [1.165, 1.54) is 12.4 Å². The molecule has 0 aliphatic rings. The topological polar surface area (TPSA) is 55.6 Å². The van der Waals surface area contributed by atoms with Gasteiger partial charge in [0.25, 0.3) is 0 Å². The van der Waals surface area contributed by atoms with Crippen LogP contribution in [0.15, 0.2) is 48.4 Å². The molecule has 24 heavy (non-hydrogen) atoms. The Morgan fingerprint density at radius 3 is 2.92 bits per heavy atom. The first kappa shape index (κ1) is 14.8.